The number of halogens is 1. The molecule has 1 aromatic carbocycles. The fraction of sp³-hybridized carbons (Fsp3) is 0.500. The average molecular weight is 264 g/mol. The van der Waals surface area contributed by atoms with Crippen LogP contribution in [0.1, 0.15) is 25.7 Å². The summed E-state index contributed by atoms with van der Waals surface area (Å²) in [5.74, 6) is 1.47. The van der Waals surface area contributed by atoms with Crippen molar-refractivity contribution in [3.63, 3.8) is 0 Å². The lowest BCUT2D eigenvalue weighted by Crippen LogP contribution is -2.40. The lowest BCUT2D eigenvalue weighted by molar-refractivity contribution is 0.392. The predicted octanol–water partition coefficient (Wildman–Crippen LogP) is 3.30. The summed E-state index contributed by atoms with van der Waals surface area (Å²) in [7, 11) is 0. The van der Waals surface area contributed by atoms with E-state index >= 15 is 0 Å². The summed E-state index contributed by atoms with van der Waals surface area (Å²) in [5.41, 5.74) is 0.831. The highest BCUT2D eigenvalue weighted by Crippen LogP contribution is 2.44. The van der Waals surface area contributed by atoms with Gasteiger partial charge in [-0.1, -0.05) is 6.42 Å². The van der Waals surface area contributed by atoms with Gasteiger partial charge in [-0.05, 0) is 67.6 Å². The second-order valence-electron chi connectivity index (χ2n) is 5.39. The standard InChI is InChI=1S/C14H17FN2S/c15-11-3-5-12(6-4-11)16-14(18)17-13-8-9-1-2-10(13)7-9/h3-6,9-10,13H,1-2,7-8H2,(H2,16,17,18)/t9-,10-,13-/m0/s1. The third kappa shape index (κ3) is 2.48. The molecule has 0 heterocycles. The molecule has 2 aliphatic rings. The number of thiocarbonyl (C=S) groups is 1. The van der Waals surface area contributed by atoms with Gasteiger partial charge in [-0.2, -0.15) is 0 Å². The van der Waals surface area contributed by atoms with Crippen LogP contribution < -0.4 is 10.6 Å². The number of fused-ring (bicyclic) bond motifs is 2. The molecule has 0 amide bonds. The molecule has 1 aromatic rings. The van der Waals surface area contributed by atoms with Crippen molar-refractivity contribution >= 4 is 23.0 Å². The second kappa shape index (κ2) is 4.84. The molecule has 2 fully saturated rings. The molecule has 0 spiro atoms. The van der Waals surface area contributed by atoms with Crippen molar-refractivity contribution in [3.05, 3.63) is 30.1 Å². The van der Waals surface area contributed by atoms with E-state index in [1.165, 1.54) is 37.8 Å². The molecule has 0 saturated heterocycles. The van der Waals surface area contributed by atoms with Crippen molar-refractivity contribution in [1.29, 1.82) is 0 Å². The molecule has 2 saturated carbocycles. The van der Waals surface area contributed by atoms with Crippen molar-refractivity contribution in [2.45, 2.75) is 31.7 Å². The SMILES string of the molecule is Fc1ccc(NC(=S)N[C@H]2C[C@H]3CC[C@H]2C3)cc1. The Labute approximate surface area is 112 Å². The number of nitrogens with one attached hydrogen (secondary N) is 2. The van der Waals surface area contributed by atoms with Gasteiger partial charge < -0.3 is 10.6 Å². The lowest BCUT2D eigenvalue weighted by Gasteiger charge is -2.24. The van der Waals surface area contributed by atoms with Crippen LogP contribution in [-0.2, 0) is 0 Å². The molecule has 3 rings (SSSR count). The zero-order valence-corrected chi connectivity index (χ0v) is 11.0. The van der Waals surface area contributed by atoms with Crippen LogP contribution in [0.25, 0.3) is 0 Å². The molecule has 2 bridgehead atoms. The van der Waals surface area contributed by atoms with E-state index in [1.807, 2.05) is 0 Å². The predicted molar refractivity (Wildman–Crippen MR) is 75.0 cm³/mol. The Balaban J connectivity index is 1.54. The summed E-state index contributed by atoms with van der Waals surface area (Å²) in [6, 6.07) is 6.79. The first kappa shape index (κ1) is 11.9. The van der Waals surface area contributed by atoms with E-state index in [1.54, 1.807) is 12.1 Å². The molecule has 0 aliphatic heterocycles. The van der Waals surface area contributed by atoms with Gasteiger partial charge in [-0.25, -0.2) is 4.39 Å². The fourth-order valence-electron chi connectivity index (χ4n) is 3.29. The van der Waals surface area contributed by atoms with Crippen molar-refractivity contribution in [1.82, 2.24) is 5.32 Å². The number of hydrogen-bond acceptors (Lipinski definition) is 1. The Morgan fingerprint density at radius 1 is 1.17 bits per heavy atom. The third-order valence-electron chi connectivity index (χ3n) is 4.16. The van der Waals surface area contributed by atoms with Crippen LogP contribution in [0.2, 0.25) is 0 Å². The summed E-state index contributed by atoms with van der Waals surface area (Å²) >= 11 is 5.31. The van der Waals surface area contributed by atoms with Crippen LogP contribution in [-0.4, -0.2) is 11.2 Å². The van der Waals surface area contributed by atoms with E-state index in [2.05, 4.69) is 10.6 Å². The van der Waals surface area contributed by atoms with Crippen LogP contribution in [0.4, 0.5) is 10.1 Å². The maximum Gasteiger partial charge on any atom is 0.171 e. The fourth-order valence-corrected chi connectivity index (χ4v) is 3.56. The topological polar surface area (TPSA) is 24.1 Å². The minimum Gasteiger partial charge on any atom is -0.359 e. The molecular formula is C14H17FN2S. The number of anilines is 1. The summed E-state index contributed by atoms with van der Waals surface area (Å²) < 4.78 is 12.8. The number of rotatable bonds is 2. The highest BCUT2D eigenvalue weighted by atomic mass is 32.1. The molecule has 4 heteroatoms. The number of hydrogen-bond donors (Lipinski definition) is 2. The van der Waals surface area contributed by atoms with E-state index in [9.17, 15) is 4.39 Å². The van der Waals surface area contributed by atoms with Gasteiger partial charge in [0.2, 0.25) is 0 Å². The van der Waals surface area contributed by atoms with Crippen molar-refractivity contribution in [3.8, 4) is 0 Å². The van der Waals surface area contributed by atoms with Crippen molar-refractivity contribution < 1.29 is 4.39 Å². The molecule has 0 radical (unpaired) electrons. The minimum atomic E-state index is -0.229. The Bertz CT molecular complexity index is 446. The highest BCUT2D eigenvalue weighted by molar-refractivity contribution is 7.80. The van der Waals surface area contributed by atoms with Crippen LogP contribution in [0, 0.1) is 17.7 Å². The van der Waals surface area contributed by atoms with Crippen LogP contribution in [0.15, 0.2) is 24.3 Å². The van der Waals surface area contributed by atoms with Crippen LogP contribution in [0.5, 0.6) is 0 Å². The first-order valence-electron chi connectivity index (χ1n) is 6.54. The molecule has 2 aliphatic carbocycles. The van der Waals surface area contributed by atoms with Gasteiger partial charge in [0.1, 0.15) is 5.82 Å². The number of benzene rings is 1. The third-order valence-corrected chi connectivity index (χ3v) is 4.38. The first-order valence-corrected chi connectivity index (χ1v) is 6.94. The first-order chi connectivity index (χ1) is 8.70. The quantitative estimate of drug-likeness (QED) is 0.801. The molecule has 2 nitrogen and oxygen atoms in total. The van der Waals surface area contributed by atoms with Gasteiger partial charge in [0.15, 0.2) is 5.11 Å². The molecule has 0 aromatic heterocycles. The summed E-state index contributed by atoms with van der Waals surface area (Å²) in [6.07, 6.45) is 5.33. The van der Waals surface area contributed by atoms with Gasteiger partial charge >= 0.3 is 0 Å². The molecule has 3 atom stereocenters. The van der Waals surface area contributed by atoms with Gasteiger partial charge in [-0.3, -0.25) is 0 Å². The zero-order chi connectivity index (χ0) is 12.5. The van der Waals surface area contributed by atoms with Crippen LogP contribution >= 0.6 is 12.2 Å². The summed E-state index contributed by atoms with van der Waals surface area (Å²) in [4.78, 5) is 0. The zero-order valence-electron chi connectivity index (χ0n) is 10.2. The van der Waals surface area contributed by atoms with E-state index in [-0.39, 0.29) is 5.82 Å². The van der Waals surface area contributed by atoms with Crippen molar-refractivity contribution in [2.24, 2.45) is 11.8 Å². The Morgan fingerprint density at radius 3 is 2.56 bits per heavy atom. The normalized spacial score (nSPS) is 29.3. The molecule has 18 heavy (non-hydrogen) atoms. The molecule has 2 N–H and O–H groups in total. The van der Waals surface area contributed by atoms with E-state index in [0.717, 1.165) is 17.5 Å². The highest BCUT2D eigenvalue weighted by Gasteiger charge is 2.39. The maximum absolute atomic E-state index is 12.8. The van der Waals surface area contributed by atoms with E-state index in [0.29, 0.717) is 11.2 Å². The molecular weight excluding hydrogens is 247 g/mol. The Kier molecular flexibility index (Phi) is 3.20. The Hall–Kier alpha value is -1.16. The van der Waals surface area contributed by atoms with Crippen molar-refractivity contribution in [2.75, 3.05) is 5.32 Å². The largest absolute Gasteiger partial charge is 0.359 e. The minimum absolute atomic E-state index is 0.229. The van der Waals surface area contributed by atoms with Crippen LogP contribution in [0.3, 0.4) is 0 Å². The second-order valence-corrected chi connectivity index (χ2v) is 5.79. The van der Waals surface area contributed by atoms with Gasteiger partial charge in [-0.15, -0.1) is 0 Å². The van der Waals surface area contributed by atoms with E-state index < -0.39 is 0 Å². The lowest BCUT2D eigenvalue weighted by atomic mass is 9.96. The smallest absolute Gasteiger partial charge is 0.171 e. The van der Waals surface area contributed by atoms with Gasteiger partial charge in [0.25, 0.3) is 0 Å². The van der Waals surface area contributed by atoms with Gasteiger partial charge in [0, 0.05) is 11.7 Å². The average Bonchev–Trinajstić information content (AvgIpc) is 2.94. The molecule has 96 valence electrons. The summed E-state index contributed by atoms with van der Waals surface area (Å²) in [6.45, 7) is 0. The maximum atomic E-state index is 12.8. The summed E-state index contributed by atoms with van der Waals surface area (Å²) in [5, 5.41) is 7.16. The van der Waals surface area contributed by atoms with E-state index in [4.69, 9.17) is 12.2 Å². The monoisotopic (exact) mass is 264 g/mol. The molecule has 0 unspecified atom stereocenters. The van der Waals surface area contributed by atoms with Gasteiger partial charge in [0.05, 0.1) is 0 Å². The Morgan fingerprint density at radius 2 is 1.94 bits per heavy atom.